The first-order chi connectivity index (χ1) is 13.3. The maximum Gasteiger partial charge on any atom is 0.248 e. The van der Waals surface area contributed by atoms with E-state index in [0.717, 1.165) is 25.7 Å². The van der Waals surface area contributed by atoms with E-state index in [-0.39, 0.29) is 48.9 Å². The number of aliphatic imine (C=N–C) groups is 2. The molecule has 1 aliphatic carbocycles. The van der Waals surface area contributed by atoms with E-state index in [1.807, 2.05) is 27.7 Å². The van der Waals surface area contributed by atoms with Gasteiger partial charge in [-0.05, 0) is 12.8 Å². The molecule has 8 heteroatoms. The molecule has 156 valence electrons. The molecular weight excluding hydrogens is 360 g/mol. The van der Waals surface area contributed by atoms with Gasteiger partial charge in [0.05, 0.1) is 0 Å². The van der Waals surface area contributed by atoms with E-state index in [1.54, 1.807) is 0 Å². The van der Waals surface area contributed by atoms with Gasteiger partial charge in [0.2, 0.25) is 11.8 Å². The number of carbonyl (C=O) groups excluding carboxylic acids is 2. The van der Waals surface area contributed by atoms with E-state index in [2.05, 4.69) is 20.6 Å². The third-order valence-corrected chi connectivity index (χ3v) is 5.36. The zero-order valence-electron chi connectivity index (χ0n) is 17.2. The van der Waals surface area contributed by atoms with Gasteiger partial charge in [0.1, 0.15) is 13.2 Å². The second kappa shape index (κ2) is 8.92. The van der Waals surface area contributed by atoms with Gasteiger partial charge < -0.3 is 20.1 Å². The van der Waals surface area contributed by atoms with Crippen LogP contribution in [0.3, 0.4) is 0 Å². The lowest BCUT2D eigenvalue weighted by molar-refractivity contribution is -0.126. The molecule has 0 spiro atoms. The first-order valence-electron chi connectivity index (χ1n) is 10.4. The average molecular weight is 393 g/mol. The van der Waals surface area contributed by atoms with Crippen molar-refractivity contribution >= 4 is 23.6 Å². The van der Waals surface area contributed by atoms with E-state index >= 15 is 0 Å². The Bertz CT molecular complexity index is 603. The second-order valence-electron chi connectivity index (χ2n) is 8.41. The quantitative estimate of drug-likeness (QED) is 0.714. The van der Waals surface area contributed by atoms with Crippen LogP contribution in [0.25, 0.3) is 0 Å². The van der Waals surface area contributed by atoms with Gasteiger partial charge >= 0.3 is 0 Å². The normalized spacial score (nSPS) is 29.8. The molecular formula is C20H32N4O4. The third-order valence-electron chi connectivity index (χ3n) is 5.36. The highest BCUT2D eigenvalue weighted by Gasteiger charge is 2.35. The number of ether oxygens (including phenoxy) is 2. The van der Waals surface area contributed by atoms with Gasteiger partial charge in [-0.3, -0.25) is 9.59 Å². The minimum atomic E-state index is -0.503. The molecule has 0 unspecified atom stereocenters. The molecule has 3 rings (SSSR count). The number of amides is 2. The van der Waals surface area contributed by atoms with Crippen LogP contribution in [0.5, 0.6) is 0 Å². The van der Waals surface area contributed by atoms with Crippen LogP contribution >= 0.6 is 0 Å². The fourth-order valence-electron chi connectivity index (χ4n) is 3.72. The summed E-state index contributed by atoms with van der Waals surface area (Å²) in [4.78, 5) is 34.0. The minimum absolute atomic E-state index is 0.0978. The predicted molar refractivity (Wildman–Crippen MR) is 106 cm³/mol. The fraction of sp³-hybridized carbons (Fsp3) is 0.800. The molecule has 2 heterocycles. The van der Waals surface area contributed by atoms with Crippen molar-refractivity contribution < 1.29 is 19.1 Å². The Balaban J connectivity index is 1.57. The van der Waals surface area contributed by atoms with E-state index in [0.29, 0.717) is 11.8 Å². The summed E-state index contributed by atoms with van der Waals surface area (Å²) in [7, 11) is 0. The summed E-state index contributed by atoms with van der Waals surface area (Å²) in [5, 5.41) is 6.17. The first-order valence-corrected chi connectivity index (χ1v) is 10.4. The van der Waals surface area contributed by atoms with Crippen molar-refractivity contribution in [1.82, 2.24) is 10.6 Å². The second-order valence-corrected chi connectivity index (χ2v) is 8.41. The number of hydrogen-bond acceptors (Lipinski definition) is 6. The van der Waals surface area contributed by atoms with Crippen LogP contribution < -0.4 is 10.6 Å². The molecule has 1 saturated carbocycles. The van der Waals surface area contributed by atoms with Crippen molar-refractivity contribution in [2.24, 2.45) is 21.8 Å². The predicted octanol–water partition coefficient (Wildman–Crippen LogP) is 1.44. The Morgan fingerprint density at radius 3 is 1.54 bits per heavy atom. The maximum absolute atomic E-state index is 12.6. The first kappa shape index (κ1) is 20.6. The average Bonchev–Trinajstić information content (AvgIpc) is 3.33. The maximum atomic E-state index is 12.6. The molecule has 2 aliphatic heterocycles. The van der Waals surface area contributed by atoms with Crippen molar-refractivity contribution in [3.8, 4) is 0 Å². The zero-order valence-corrected chi connectivity index (χ0v) is 17.2. The molecule has 4 atom stereocenters. The molecule has 3 aliphatic rings. The molecule has 28 heavy (non-hydrogen) atoms. The summed E-state index contributed by atoms with van der Waals surface area (Å²) < 4.78 is 11.0. The van der Waals surface area contributed by atoms with Crippen molar-refractivity contribution in [2.45, 2.75) is 77.5 Å². The van der Waals surface area contributed by atoms with Crippen LogP contribution in [-0.4, -0.2) is 61.0 Å². The smallest absolute Gasteiger partial charge is 0.248 e. The summed E-state index contributed by atoms with van der Waals surface area (Å²) >= 11 is 0. The number of carbonyl (C=O) groups is 2. The molecule has 2 amide bonds. The summed E-state index contributed by atoms with van der Waals surface area (Å²) in [6.45, 7) is 8.54. The molecule has 8 nitrogen and oxygen atoms in total. The zero-order chi connectivity index (χ0) is 20.3. The van der Waals surface area contributed by atoms with Gasteiger partial charge in [0, 0.05) is 23.9 Å². The van der Waals surface area contributed by atoms with E-state index in [4.69, 9.17) is 9.47 Å². The Hall–Kier alpha value is -2.12. The topological polar surface area (TPSA) is 101 Å². The van der Waals surface area contributed by atoms with Crippen LogP contribution in [0, 0.1) is 11.8 Å². The van der Waals surface area contributed by atoms with Crippen LogP contribution in [0.2, 0.25) is 0 Å². The summed E-state index contributed by atoms with van der Waals surface area (Å²) in [6, 6.07) is -1.20. The van der Waals surface area contributed by atoms with Gasteiger partial charge in [0.15, 0.2) is 23.9 Å². The van der Waals surface area contributed by atoms with Crippen molar-refractivity contribution in [2.75, 3.05) is 13.2 Å². The van der Waals surface area contributed by atoms with Gasteiger partial charge in [-0.25, -0.2) is 9.98 Å². The van der Waals surface area contributed by atoms with Crippen LogP contribution in [0.4, 0.5) is 0 Å². The molecule has 0 bridgehead atoms. The van der Waals surface area contributed by atoms with Crippen molar-refractivity contribution in [3.05, 3.63) is 0 Å². The van der Waals surface area contributed by atoms with Gasteiger partial charge in [0.25, 0.3) is 0 Å². The lowest BCUT2D eigenvalue weighted by Gasteiger charge is -2.33. The Kier molecular flexibility index (Phi) is 6.57. The molecule has 1 fully saturated rings. The minimum Gasteiger partial charge on any atom is -0.478 e. The number of nitrogens with zero attached hydrogens (tertiary/aromatic N) is 2. The monoisotopic (exact) mass is 392 g/mol. The van der Waals surface area contributed by atoms with Gasteiger partial charge in [-0.15, -0.1) is 0 Å². The van der Waals surface area contributed by atoms with Crippen molar-refractivity contribution in [1.29, 1.82) is 0 Å². The highest BCUT2D eigenvalue weighted by Crippen LogP contribution is 2.21. The molecule has 0 aromatic rings. The standard InChI is InChI=1S/C20H32N4O4/c1-11(2)19-23-15(9-27-19)17(25)21-13-7-5-6-8-14(13)22-18(26)16-10-28-20(24-16)12(3)4/h11-16H,5-10H2,1-4H3,(H,21,25)(H,22,26)/t13-,14-,15+,16+/m1/s1. The molecule has 0 aromatic carbocycles. The van der Waals surface area contributed by atoms with Crippen molar-refractivity contribution in [3.63, 3.8) is 0 Å². The van der Waals surface area contributed by atoms with Gasteiger partial charge in [-0.2, -0.15) is 0 Å². The Morgan fingerprint density at radius 1 is 0.821 bits per heavy atom. The number of nitrogens with one attached hydrogen (secondary N) is 2. The van der Waals surface area contributed by atoms with Gasteiger partial charge in [-0.1, -0.05) is 40.5 Å². The number of hydrogen-bond donors (Lipinski definition) is 2. The van der Waals surface area contributed by atoms with E-state index in [9.17, 15) is 9.59 Å². The van der Waals surface area contributed by atoms with Crippen LogP contribution in [0.1, 0.15) is 53.4 Å². The largest absolute Gasteiger partial charge is 0.478 e. The lowest BCUT2D eigenvalue weighted by atomic mass is 9.89. The lowest BCUT2D eigenvalue weighted by Crippen LogP contribution is -2.56. The SMILES string of the molecule is CC(C)C1=N[C@H](C(=O)N[C@@H]2CCCC[C@H]2NC(=O)[C@@H]2COC(C(C)C)=N2)CO1. The highest BCUT2D eigenvalue weighted by molar-refractivity contribution is 5.90. The Labute approximate surface area is 166 Å². The fourth-order valence-corrected chi connectivity index (χ4v) is 3.72. The summed E-state index contributed by atoms with van der Waals surface area (Å²) in [5.74, 6) is 1.34. The van der Waals surface area contributed by atoms with E-state index < -0.39 is 12.1 Å². The third kappa shape index (κ3) is 4.83. The molecule has 2 N–H and O–H groups in total. The van der Waals surface area contributed by atoms with Crippen LogP contribution in [-0.2, 0) is 19.1 Å². The Morgan fingerprint density at radius 2 is 1.21 bits per heavy atom. The summed E-state index contributed by atoms with van der Waals surface area (Å²) in [5.41, 5.74) is 0. The van der Waals surface area contributed by atoms with Crippen LogP contribution in [0.15, 0.2) is 9.98 Å². The molecule has 0 saturated heterocycles. The number of rotatable bonds is 6. The molecule has 0 radical (unpaired) electrons. The highest BCUT2D eigenvalue weighted by atomic mass is 16.5. The van der Waals surface area contributed by atoms with E-state index in [1.165, 1.54) is 0 Å². The summed E-state index contributed by atoms with van der Waals surface area (Å²) in [6.07, 6.45) is 3.74. The molecule has 0 aromatic heterocycles.